The second-order valence-corrected chi connectivity index (χ2v) is 5.77. The summed E-state index contributed by atoms with van der Waals surface area (Å²) in [6.07, 6.45) is 4.77. The van der Waals surface area contributed by atoms with Crippen LogP contribution in [0, 0.1) is 5.92 Å². The number of rotatable bonds is 9. The van der Waals surface area contributed by atoms with Gasteiger partial charge in [-0.1, -0.05) is 37.3 Å². The molecule has 3 nitrogen and oxygen atoms in total. The third-order valence-electron chi connectivity index (χ3n) is 3.97. The second kappa shape index (κ2) is 9.93. The van der Waals surface area contributed by atoms with Gasteiger partial charge in [0.2, 0.25) is 0 Å². The highest BCUT2D eigenvalue weighted by Crippen LogP contribution is 2.30. The van der Waals surface area contributed by atoms with E-state index in [1.54, 1.807) is 0 Å². The van der Waals surface area contributed by atoms with Crippen LogP contribution in [-0.4, -0.2) is 32.9 Å². The lowest BCUT2D eigenvalue weighted by Gasteiger charge is -2.31. The third-order valence-corrected chi connectivity index (χ3v) is 3.97. The van der Waals surface area contributed by atoms with Gasteiger partial charge in [-0.3, -0.25) is 0 Å². The van der Waals surface area contributed by atoms with Gasteiger partial charge in [-0.05, 0) is 37.8 Å². The zero-order chi connectivity index (χ0) is 14.8. The Hall–Kier alpha value is -0.900. The molecule has 1 heterocycles. The Kier molecular flexibility index (Phi) is 7.79. The highest BCUT2D eigenvalue weighted by molar-refractivity contribution is 5.18. The van der Waals surface area contributed by atoms with Crippen molar-refractivity contribution in [1.29, 1.82) is 0 Å². The fraction of sp³-hybridized carbons (Fsp3) is 0.667. The van der Waals surface area contributed by atoms with Crippen LogP contribution in [-0.2, 0) is 9.47 Å². The van der Waals surface area contributed by atoms with Crippen LogP contribution in [0.1, 0.15) is 44.3 Å². The molecule has 0 aromatic heterocycles. The smallest absolute Gasteiger partial charge is 0.0865 e. The van der Waals surface area contributed by atoms with E-state index >= 15 is 0 Å². The zero-order valence-corrected chi connectivity index (χ0v) is 13.2. The number of hydrogen-bond acceptors (Lipinski definition) is 3. The van der Waals surface area contributed by atoms with Gasteiger partial charge in [-0.25, -0.2) is 0 Å². The quantitative estimate of drug-likeness (QED) is 0.706. The molecule has 0 aliphatic carbocycles. The Balaban J connectivity index is 1.83. The molecule has 3 heteroatoms. The number of nitrogens with one attached hydrogen (secondary N) is 1. The van der Waals surface area contributed by atoms with Gasteiger partial charge in [0, 0.05) is 32.3 Å². The fourth-order valence-electron chi connectivity index (χ4n) is 2.90. The first-order chi connectivity index (χ1) is 10.4. The summed E-state index contributed by atoms with van der Waals surface area (Å²) in [5.41, 5.74) is 1.31. The molecule has 0 bridgehead atoms. The molecule has 118 valence electrons. The maximum Gasteiger partial charge on any atom is 0.0865 e. The first-order valence-corrected chi connectivity index (χ1v) is 8.37. The van der Waals surface area contributed by atoms with Gasteiger partial charge in [-0.15, -0.1) is 0 Å². The molecule has 1 aromatic carbocycles. The van der Waals surface area contributed by atoms with Crippen molar-refractivity contribution in [2.24, 2.45) is 5.92 Å². The molecule has 2 atom stereocenters. The zero-order valence-electron chi connectivity index (χ0n) is 13.2. The van der Waals surface area contributed by atoms with E-state index in [-0.39, 0.29) is 6.10 Å². The van der Waals surface area contributed by atoms with Crippen LogP contribution in [0.25, 0.3) is 0 Å². The van der Waals surface area contributed by atoms with Crippen LogP contribution in [0.3, 0.4) is 0 Å². The van der Waals surface area contributed by atoms with E-state index in [0.29, 0.717) is 5.92 Å². The highest BCUT2D eigenvalue weighted by atomic mass is 16.5. The maximum absolute atomic E-state index is 6.23. The van der Waals surface area contributed by atoms with Gasteiger partial charge in [0.25, 0.3) is 0 Å². The van der Waals surface area contributed by atoms with Crippen molar-refractivity contribution < 1.29 is 9.47 Å². The molecule has 0 amide bonds. The third kappa shape index (κ3) is 5.77. The van der Waals surface area contributed by atoms with Crippen molar-refractivity contribution in [3.05, 3.63) is 35.9 Å². The summed E-state index contributed by atoms with van der Waals surface area (Å²) in [6.45, 7) is 6.78. The van der Waals surface area contributed by atoms with Gasteiger partial charge < -0.3 is 14.8 Å². The van der Waals surface area contributed by atoms with Crippen molar-refractivity contribution in [3.8, 4) is 0 Å². The molecule has 0 spiro atoms. The van der Waals surface area contributed by atoms with Crippen molar-refractivity contribution in [2.45, 2.75) is 38.7 Å². The Labute approximate surface area is 129 Å². The summed E-state index contributed by atoms with van der Waals surface area (Å²) in [7, 11) is 0. The molecular formula is C18H29NO2. The van der Waals surface area contributed by atoms with E-state index in [4.69, 9.17) is 9.47 Å². The largest absolute Gasteiger partial charge is 0.381 e. The van der Waals surface area contributed by atoms with Gasteiger partial charge in [-0.2, -0.15) is 0 Å². The van der Waals surface area contributed by atoms with Gasteiger partial charge >= 0.3 is 0 Å². The van der Waals surface area contributed by atoms with Crippen LogP contribution in [0.2, 0.25) is 0 Å². The molecule has 1 saturated heterocycles. The minimum atomic E-state index is 0.213. The molecule has 1 aromatic rings. The van der Waals surface area contributed by atoms with Crippen LogP contribution in [0.4, 0.5) is 0 Å². The molecule has 1 aliphatic rings. The van der Waals surface area contributed by atoms with Crippen molar-refractivity contribution in [1.82, 2.24) is 5.32 Å². The van der Waals surface area contributed by atoms with Gasteiger partial charge in [0.1, 0.15) is 0 Å². The number of benzene rings is 1. The van der Waals surface area contributed by atoms with E-state index in [1.807, 2.05) is 0 Å². The second-order valence-electron chi connectivity index (χ2n) is 5.77. The minimum absolute atomic E-state index is 0.213. The predicted octanol–water partition coefficient (Wildman–Crippen LogP) is 3.56. The van der Waals surface area contributed by atoms with E-state index in [1.165, 1.54) is 18.4 Å². The van der Waals surface area contributed by atoms with E-state index in [2.05, 4.69) is 42.6 Å². The molecule has 0 saturated carbocycles. The Morgan fingerprint density at radius 3 is 2.76 bits per heavy atom. The van der Waals surface area contributed by atoms with E-state index in [0.717, 1.165) is 45.8 Å². The lowest BCUT2D eigenvalue weighted by Crippen LogP contribution is -2.34. The van der Waals surface area contributed by atoms with Crippen molar-refractivity contribution in [3.63, 3.8) is 0 Å². The highest BCUT2D eigenvalue weighted by Gasteiger charge is 2.25. The maximum atomic E-state index is 6.23. The lowest BCUT2D eigenvalue weighted by atomic mass is 9.89. The summed E-state index contributed by atoms with van der Waals surface area (Å²) in [6, 6.07) is 10.6. The van der Waals surface area contributed by atoms with Crippen molar-refractivity contribution in [2.75, 3.05) is 32.9 Å². The molecular weight excluding hydrogens is 262 g/mol. The van der Waals surface area contributed by atoms with E-state index < -0.39 is 0 Å². The fourth-order valence-corrected chi connectivity index (χ4v) is 2.90. The number of piperidine rings is 1. The predicted molar refractivity (Wildman–Crippen MR) is 86.5 cm³/mol. The first-order valence-electron chi connectivity index (χ1n) is 8.37. The summed E-state index contributed by atoms with van der Waals surface area (Å²) in [5, 5.41) is 3.50. The van der Waals surface area contributed by atoms with Crippen LogP contribution < -0.4 is 5.32 Å². The van der Waals surface area contributed by atoms with Gasteiger partial charge in [0.15, 0.2) is 0 Å². The van der Waals surface area contributed by atoms with Crippen molar-refractivity contribution >= 4 is 0 Å². The summed E-state index contributed by atoms with van der Waals surface area (Å²) in [4.78, 5) is 0. The number of hydrogen-bond donors (Lipinski definition) is 1. The van der Waals surface area contributed by atoms with Crippen LogP contribution >= 0.6 is 0 Å². The standard InChI is InChI=1S/C18H29NO2/c1-2-12-20-13-7-14-21-18(16-8-4-3-5-9-16)17-10-6-11-19-15-17/h3-5,8-9,17-19H,2,6-7,10-15H2,1H3/t17-,18+/m1/s1. The van der Waals surface area contributed by atoms with Gasteiger partial charge in [0.05, 0.1) is 6.10 Å². The average Bonchev–Trinajstić information content (AvgIpc) is 2.56. The molecule has 1 N–H and O–H groups in total. The van der Waals surface area contributed by atoms with Crippen LogP contribution in [0.15, 0.2) is 30.3 Å². The average molecular weight is 291 g/mol. The Morgan fingerprint density at radius 1 is 1.19 bits per heavy atom. The molecule has 0 unspecified atom stereocenters. The SMILES string of the molecule is CCCOCCCO[C@@H](c1ccccc1)[C@@H]1CCCNC1. The summed E-state index contributed by atoms with van der Waals surface area (Å²) >= 11 is 0. The molecule has 1 aliphatic heterocycles. The molecule has 0 radical (unpaired) electrons. The van der Waals surface area contributed by atoms with Crippen LogP contribution in [0.5, 0.6) is 0 Å². The summed E-state index contributed by atoms with van der Waals surface area (Å²) < 4.78 is 11.8. The normalized spacial score (nSPS) is 20.3. The Bertz CT molecular complexity index is 363. The lowest BCUT2D eigenvalue weighted by molar-refractivity contribution is -0.00784. The minimum Gasteiger partial charge on any atom is -0.381 e. The summed E-state index contributed by atoms with van der Waals surface area (Å²) in [5.74, 6) is 0.581. The number of ether oxygens (including phenoxy) is 2. The van der Waals surface area contributed by atoms with E-state index in [9.17, 15) is 0 Å². The monoisotopic (exact) mass is 291 g/mol. The first kappa shape index (κ1) is 16.5. The Morgan fingerprint density at radius 2 is 2.05 bits per heavy atom. The molecule has 2 rings (SSSR count). The molecule has 1 fully saturated rings. The molecule has 21 heavy (non-hydrogen) atoms. The topological polar surface area (TPSA) is 30.5 Å².